The van der Waals surface area contributed by atoms with Gasteiger partial charge in [-0.05, 0) is 18.9 Å². The van der Waals surface area contributed by atoms with Crippen LogP contribution in [0, 0.1) is 23.7 Å². The molecule has 10 nitrogen and oxygen atoms in total. The lowest BCUT2D eigenvalue weighted by atomic mass is 10.00. The minimum absolute atomic E-state index is 0.0205. The van der Waals surface area contributed by atoms with Crippen molar-refractivity contribution in [1.29, 1.82) is 0 Å². The maximum atomic E-state index is 13.5. The van der Waals surface area contributed by atoms with Crippen LogP contribution in [0.15, 0.2) is 29.8 Å². The van der Waals surface area contributed by atoms with Crippen molar-refractivity contribution in [1.82, 2.24) is 23.7 Å². The number of likely N-dealkylation sites (N-methyl/N-ethyl adjacent to an activating group) is 1. The highest BCUT2D eigenvalue weighted by molar-refractivity contribution is 7.89. The van der Waals surface area contributed by atoms with Gasteiger partial charge in [0.15, 0.2) is 5.03 Å². The molecular formula is C25H35N5O5S. The normalized spacial score (nSPS) is 19.2. The number of hydrogen-bond donors (Lipinski definition) is 1. The van der Waals surface area contributed by atoms with Gasteiger partial charge in [0, 0.05) is 50.9 Å². The van der Waals surface area contributed by atoms with Crippen LogP contribution in [0.25, 0.3) is 0 Å². The summed E-state index contributed by atoms with van der Waals surface area (Å²) in [6.45, 7) is 7.87. The number of amides is 1. The van der Waals surface area contributed by atoms with Crippen molar-refractivity contribution >= 4 is 15.9 Å². The van der Waals surface area contributed by atoms with Crippen LogP contribution >= 0.6 is 0 Å². The number of imidazole rings is 1. The number of rotatable bonds is 7. The standard InChI is InChI=1S/C25H35N5O5S/c1-17(2)8-7-9-20-10-21-24(26-11-20)35-22(18(3)12-30(25(21)32)19(4)15-31)13-29(6)36(33,34)23-14-28(5)16-27-23/h10-11,14,16-19,22,31H,8,12-13,15H2,1-6H3/t18-,19+,22+/m1/s1. The number of carbonyl (C=O) groups excluding carboxylic acids is 1. The summed E-state index contributed by atoms with van der Waals surface area (Å²) in [4.78, 5) is 23.4. The topological polar surface area (TPSA) is 118 Å². The van der Waals surface area contributed by atoms with Crippen LogP contribution in [0.4, 0.5) is 0 Å². The van der Waals surface area contributed by atoms with Gasteiger partial charge in [-0.25, -0.2) is 18.4 Å². The summed E-state index contributed by atoms with van der Waals surface area (Å²) in [6.07, 6.45) is 4.52. The van der Waals surface area contributed by atoms with Gasteiger partial charge in [-0.3, -0.25) is 4.79 Å². The van der Waals surface area contributed by atoms with Crippen molar-refractivity contribution in [2.75, 3.05) is 26.7 Å². The van der Waals surface area contributed by atoms with Gasteiger partial charge in [0.2, 0.25) is 5.88 Å². The lowest BCUT2D eigenvalue weighted by Crippen LogP contribution is -2.50. The SMILES string of the molecule is CC(C)CC#Cc1cnc2c(c1)C(=O)N([C@@H](C)CO)C[C@@H](C)[C@H](CN(C)S(=O)(=O)c1cn(C)cn1)O2. The summed E-state index contributed by atoms with van der Waals surface area (Å²) in [6, 6.07) is 1.20. The minimum atomic E-state index is -3.85. The van der Waals surface area contributed by atoms with E-state index in [4.69, 9.17) is 4.74 Å². The molecule has 1 aliphatic rings. The smallest absolute Gasteiger partial charge is 0.261 e. The van der Waals surface area contributed by atoms with E-state index in [0.717, 1.165) is 0 Å². The van der Waals surface area contributed by atoms with E-state index in [-0.39, 0.29) is 48.0 Å². The molecule has 0 radical (unpaired) electrons. The number of aliphatic hydroxyl groups excluding tert-OH is 1. The fourth-order valence-corrected chi connectivity index (χ4v) is 4.92. The molecule has 3 atom stereocenters. The molecule has 0 saturated carbocycles. The Kier molecular flexibility index (Phi) is 8.76. The van der Waals surface area contributed by atoms with Crippen LogP contribution in [-0.4, -0.2) is 82.1 Å². The second-order valence-corrected chi connectivity index (χ2v) is 11.8. The highest BCUT2D eigenvalue weighted by atomic mass is 32.2. The fourth-order valence-electron chi connectivity index (χ4n) is 3.78. The van der Waals surface area contributed by atoms with Gasteiger partial charge in [-0.1, -0.05) is 32.6 Å². The zero-order valence-electron chi connectivity index (χ0n) is 21.7. The van der Waals surface area contributed by atoms with Gasteiger partial charge in [-0.15, -0.1) is 0 Å². The van der Waals surface area contributed by atoms with E-state index in [2.05, 4.69) is 35.7 Å². The molecule has 196 valence electrons. The van der Waals surface area contributed by atoms with Crippen LogP contribution < -0.4 is 4.74 Å². The molecule has 2 aromatic rings. The zero-order chi connectivity index (χ0) is 26.6. The maximum absolute atomic E-state index is 13.5. The number of carbonyl (C=O) groups is 1. The molecule has 0 bridgehead atoms. The number of aryl methyl sites for hydroxylation is 1. The van der Waals surface area contributed by atoms with E-state index in [0.29, 0.717) is 17.9 Å². The second-order valence-electron chi connectivity index (χ2n) is 9.76. The van der Waals surface area contributed by atoms with Gasteiger partial charge in [-0.2, -0.15) is 4.31 Å². The fraction of sp³-hybridized carbons (Fsp3) is 0.560. The summed E-state index contributed by atoms with van der Waals surface area (Å²) >= 11 is 0. The van der Waals surface area contributed by atoms with E-state index in [1.54, 1.807) is 35.7 Å². The first-order valence-electron chi connectivity index (χ1n) is 12.0. The van der Waals surface area contributed by atoms with Crippen LogP contribution in [0.2, 0.25) is 0 Å². The number of nitrogens with zero attached hydrogens (tertiary/aromatic N) is 5. The number of sulfonamides is 1. The first-order valence-corrected chi connectivity index (χ1v) is 13.4. The molecule has 0 saturated heterocycles. The first-order chi connectivity index (χ1) is 16.9. The summed E-state index contributed by atoms with van der Waals surface area (Å²) in [5.41, 5.74) is 0.821. The molecular weight excluding hydrogens is 482 g/mol. The summed E-state index contributed by atoms with van der Waals surface area (Å²) < 4.78 is 35.1. The van der Waals surface area contributed by atoms with E-state index in [1.807, 2.05) is 6.92 Å². The van der Waals surface area contributed by atoms with Gasteiger partial charge >= 0.3 is 0 Å². The molecule has 3 heterocycles. The molecule has 0 fully saturated rings. The van der Waals surface area contributed by atoms with Crippen LogP contribution in [-0.2, 0) is 17.1 Å². The predicted octanol–water partition coefficient (Wildman–Crippen LogP) is 1.75. The van der Waals surface area contributed by atoms with E-state index < -0.39 is 22.2 Å². The minimum Gasteiger partial charge on any atom is -0.472 e. The average molecular weight is 518 g/mol. The monoisotopic (exact) mass is 517 g/mol. The summed E-state index contributed by atoms with van der Waals surface area (Å²) in [5.74, 6) is 6.10. The lowest BCUT2D eigenvalue weighted by Gasteiger charge is -2.37. The molecule has 0 unspecified atom stereocenters. The van der Waals surface area contributed by atoms with E-state index in [9.17, 15) is 18.3 Å². The first kappa shape index (κ1) is 27.6. The molecule has 1 amide bonds. The Hall–Kier alpha value is -2.94. The number of ether oxygens (including phenoxy) is 1. The number of pyridine rings is 1. The molecule has 3 rings (SSSR count). The van der Waals surface area contributed by atoms with Crippen LogP contribution in [0.5, 0.6) is 5.88 Å². The van der Waals surface area contributed by atoms with Crippen LogP contribution in [0.3, 0.4) is 0 Å². The van der Waals surface area contributed by atoms with Crippen molar-refractivity contribution in [3.8, 4) is 17.7 Å². The Balaban J connectivity index is 1.97. The third-order valence-corrected chi connectivity index (χ3v) is 7.77. The third-order valence-electron chi connectivity index (χ3n) is 6.06. The van der Waals surface area contributed by atoms with Crippen molar-refractivity contribution in [2.45, 2.75) is 51.3 Å². The maximum Gasteiger partial charge on any atom is 0.261 e. The Bertz CT molecular complexity index is 1250. The van der Waals surface area contributed by atoms with Crippen molar-refractivity contribution < 1.29 is 23.1 Å². The van der Waals surface area contributed by atoms with E-state index in [1.165, 1.54) is 23.9 Å². The Morgan fingerprint density at radius 2 is 2.03 bits per heavy atom. The number of aromatic nitrogens is 3. The average Bonchev–Trinajstić information content (AvgIpc) is 3.27. The highest BCUT2D eigenvalue weighted by Gasteiger charge is 2.36. The van der Waals surface area contributed by atoms with Gasteiger partial charge < -0.3 is 19.3 Å². The number of aliphatic hydroxyl groups is 1. The third kappa shape index (κ3) is 6.24. The van der Waals surface area contributed by atoms with Crippen LogP contribution in [0.1, 0.15) is 50.0 Å². The zero-order valence-corrected chi connectivity index (χ0v) is 22.5. The largest absolute Gasteiger partial charge is 0.472 e. The molecule has 36 heavy (non-hydrogen) atoms. The molecule has 0 aliphatic carbocycles. The van der Waals surface area contributed by atoms with Crippen molar-refractivity contribution in [3.63, 3.8) is 0 Å². The summed E-state index contributed by atoms with van der Waals surface area (Å²) in [7, 11) is -0.676. The Morgan fingerprint density at radius 1 is 1.31 bits per heavy atom. The van der Waals surface area contributed by atoms with Crippen molar-refractivity contribution in [2.24, 2.45) is 18.9 Å². The summed E-state index contributed by atoms with van der Waals surface area (Å²) in [5, 5.41) is 9.75. The highest BCUT2D eigenvalue weighted by Crippen LogP contribution is 2.28. The quantitative estimate of drug-likeness (QED) is 0.556. The van der Waals surface area contributed by atoms with E-state index >= 15 is 0 Å². The molecule has 1 aliphatic heterocycles. The van der Waals surface area contributed by atoms with Crippen molar-refractivity contribution in [3.05, 3.63) is 35.9 Å². The second kappa shape index (κ2) is 11.4. The van der Waals surface area contributed by atoms with Gasteiger partial charge in [0.1, 0.15) is 11.7 Å². The molecule has 0 aromatic carbocycles. The molecule has 2 aromatic heterocycles. The molecule has 1 N–H and O–H groups in total. The molecule has 0 spiro atoms. The molecule has 11 heteroatoms. The number of hydrogen-bond acceptors (Lipinski definition) is 7. The Labute approximate surface area is 213 Å². The predicted molar refractivity (Wildman–Crippen MR) is 135 cm³/mol. The lowest BCUT2D eigenvalue weighted by molar-refractivity contribution is 0.0373. The van der Waals surface area contributed by atoms with Gasteiger partial charge in [0.05, 0.1) is 25.5 Å². The number of fused-ring (bicyclic) bond motifs is 1. The Morgan fingerprint density at radius 3 is 2.64 bits per heavy atom. The van der Waals surface area contributed by atoms with Gasteiger partial charge in [0.25, 0.3) is 15.9 Å².